The molecule has 4 nitrogen and oxygen atoms in total. The van der Waals surface area contributed by atoms with Crippen molar-refractivity contribution in [3.63, 3.8) is 0 Å². The number of H-pyrrole nitrogens is 1. The molecule has 2 saturated carbocycles. The first-order chi connectivity index (χ1) is 15.6. The van der Waals surface area contributed by atoms with Crippen molar-refractivity contribution in [1.29, 1.82) is 0 Å². The molecule has 1 unspecified atom stereocenters. The first-order valence-electron chi connectivity index (χ1n) is 11.8. The van der Waals surface area contributed by atoms with Crippen LogP contribution in [0.4, 0.5) is 0 Å². The van der Waals surface area contributed by atoms with Crippen molar-refractivity contribution in [2.75, 3.05) is 0 Å². The Balaban J connectivity index is 1.36. The summed E-state index contributed by atoms with van der Waals surface area (Å²) in [5.74, 6) is 1.35. The van der Waals surface area contributed by atoms with Crippen LogP contribution in [0.2, 0.25) is 5.02 Å². The molecule has 0 bridgehead atoms. The van der Waals surface area contributed by atoms with Crippen LogP contribution in [0.1, 0.15) is 63.0 Å². The van der Waals surface area contributed by atoms with E-state index in [2.05, 4.69) is 35.3 Å². The molecule has 2 aliphatic rings. The third kappa shape index (κ3) is 3.95. The molecular weight excluding hydrogens is 420 g/mol. The van der Waals surface area contributed by atoms with E-state index in [1.54, 1.807) is 12.3 Å². The number of hydrogen-bond acceptors (Lipinski definition) is 3. The van der Waals surface area contributed by atoms with Crippen LogP contribution in [-0.4, -0.2) is 11.1 Å². The molecule has 32 heavy (non-hydrogen) atoms. The zero-order valence-corrected chi connectivity index (χ0v) is 19.1. The monoisotopic (exact) mass is 450 g/mol. The number of pyridine rings is 1. The van der Waals surface area contributed by atoms with Gasteiger partial charge in [0.1, 0.15) is 5.75 Å². The van der Waals surface area contributed by atoms with Gasteiger partial charge in [-0.25, -0.2) is 0 Å². The third-order valence-corrected chi connectivity index (χ3v) is 8.22. The number of hydrogen-bond donors (Lipinski definition) is 2. The Morgan fingerprint density at radius 2 is 1.75 bits per heavy atom. The van der Waals surface area contributed by atoms with Crippen LogP contribution in [-0.2, 0) is 0 Å². The number of nitrogens with two attached hydrogens (primary N) is 1. The summed E-state index contributed by atoms with van der Waals surface area (Å²) in [4.78, 5) is 14.7. The Labute approximate surface area is 194 Å². The van der Waals surface area contributed by atoms with Gasteiger partial charge in [0.15, 0.2) is 0 Å². The number of ether oxygens (including phenoxy) is 1. The molecule has 3 aromatic rings. The van der Waals surface area contributed by atoms with Gasteiger partial charge in [0.2, 0.25) is 0 Å². The van der Waals surface area contributed by atoms with Crippen molar-refractivity contribution in [3.05, 3.63) is 75.7 Å². The van der Waals surface area contributed by atoms with E-state index in [-0.39, 0.29) is 23.1 Å². The zero-order chi connectivity index (χ0) is 22.1. The molecule has 3 N–H and O–H groups in total. The van der Waals surface area contributed by atoms with Crippen LogP contribution in [0.25, 0.3) is 10.8 Å². The molecule has 1 heterocycles. The van der Waals surface area contributed by atoms with Crippen LogP contribution in [0, 0.1) is 11.3 Å². The van der Waals surface area contributed by atoms with Crippen LogP contribution in [0.5, 0.6) is 5.75 Å². The number of benzene rings is 2. The fraction of sp³-hybridized carbons (Fsp3) is 0.444. The van der Waals surface area contributed by atoms with Crippen LogP contribution in [0.3, 0.4) is 0 Å². The molecular formula is C27H31ClN2O2. The highest BCUT2D eigenvalue weighted by molar-refractivity contribution is 6.32. The van der Waals surface area contributed by atoms with Crippen molar-refractivity contribution in [3.8, 4) is 5.75 Å². The summed E-state index contributed by atoms with van der Waals surface area (Å²) in [5, 5.41) is 1.92. The molecule has 1 atom stereocenters. The molecule has 168 valence electrons. The minimum absolute atomic E-state index is 0.0590. The van der Waals surface area contributed by atoms with E-state index in [1.807, 2.05) is 12.1 Å². The van der Waals surface area contributed by atoms with Crippen molar-refractivity contribution in [2.24, 2.45) is 17.1 Å². The number of halogens is 1. The van der Waals surface area contributed by atoms with Crippen molar-refractivity contribution < 1.29 is 4.74 Å². The lowest BCUT2D eigenvalue weighted by atomic mass is 9.59. The van der Waals surface area contributed by atoms with E-state index in [4.69, 9.17) is 22.1 Å². The highest BCUT2D eigenvalue weighted by Gasteiger charge is 2.47. The van der Waals surface area contributed by atoms with E-state index in [9.17, 15) is 4.79 Å². The number of nitrogens with one attached hydrogen (secondary N) is 1. The van der Waals surface area contributed by atoms with E-state index in [1.165, 1.54) is 31.2 Å². The van der Waals surface area contributed by atoms with Gasteiger partial charge in [-0.15, -0.1) is 0 Å². The SMILES string of the molecule is NC(c1ccccc1)C1(C2CCCC2)CCC(Oc2cc3cc[nH]c(=O)c3cc2Cl)CC1. The molecule has 1 aromatic heterocycles. The van der Waals surface area contributed by atoms with Gasteiger partial charge in [0.25, 0.3) is 5.56 Å². The molecule has 5 rings (SSSR count). The molecule has 2 aliphatic carbocycles. The van der Waals surface area contributed by atoms with Crippen molar-refractivity contribution >= 4 is 22.4 Å². The molecule has 0 spiro atoms. The van der Waals surface area contributed by atoms with E-state index in [0.717, 1.165) is 31.1 Å². The standard InChI is InChI=1S/C27H31ClN2O2/c28-23-17-22-19(12-15-30-26(22)31)16-24(23)32-21-10-13-27(14-11-21,20-8-4-5-9-20)25(29)18-6-2-1-3-7-18/h1-3,6-7,12,15-17,20-21,25H,4-5,8-11,13-14,29H2,(H,30,31). The Kier molecular flexibility index (Phi) is 6.00. The molecule has 2 fully saturated rings. The second-order valence-corrected chi connectivity index (χ2v) is 10.0. The Bertz CT molecular complexity index is 1130. The molecule has 0 radical (unpaired) electrons. The predicted octanol–water partition coefficient (Wildman–Crippen LogP) is 6.38. The summed E-state index contributed by atoms with van der Waals surface area (Å²) in [7, 11) is 0. The van der Waals surface area contributed by atoms with Gasteiger partial charge in [-0.1, -0.05) is 54.8 Å². The Morgan fingerprint density at radius 3 is 2.47 bits per heavy atom. The summed E-state index contributed by atoms with van der Waals surface area (Å²) >= 11 is 6.49. The summed E-state index contributed by atoms with van der Waals surface area (Å²) in [6.07, 6.45) is 11.1. The van der Waals surface area contributed by atoms with E-state index < -0.39 is 0 Å². The lowest BCUT2D eigenvalue weighted by Gasteiger charge is -2.48. The van der Waals surface area contributed by atoms with Crippen LogP contribution < -0.4 is 16.0 Å². The number of aromatic nitrogens is 1. The molecule has 2 aromatic carbocycles. The smallest absolute Gasteiger partial charge is 0.255 e. The van der Waals surface area contributed by atoms with Crippen molar-refractivity contribution in [2.45, 2.75) is 63.5 Å². The second-order valence-electron chi connectivity index (χ2n) is 9.60. The van der Waals surface area contributed by atoms with Gasteiger partial charge in [-0.3, -0.25) is 4.79 Å². The highest BCUT2D eigenvalue weighted by Crippen LogP contribution is 2.55. The second kappa shape index (κ2) is 8.92. The van der Waals surface area contributed by atoms with E-state index >= 15 is 0 Å². The fourth-order valence-corrected chi connectivity index (χ4v) is 6.38. The molecule has 0 aliphatic heterocycles. The number of fused-ring (bicyclic) bond motifs is 1. The predicted molar refractivity (Wildman–Crippen MR) is 130 cm³/mol. The topological polar surface area (TPSA) is 68.1 Å². The van der Waals surface area contributed by atoms with Gasteiger partial charge in [0, 0.05) is 17.6 Å². The van der Waals surface area contributed by atoms with E-state index in [0.29, 0.717) is 22.1 Å². The lowest BCUT2D eigenvalue weighted by Crippen LogP contribution is -2.44. The lowest BCUT2D eigenvalue weighted by molar-refractivity contribution is 0.0159. The maximum atomic E-state index is 12.0. The Morgan fingerprint density at radius 1 is 1.03 bits per heavy atom. The minimum Gasteiger partial charge on any atom is -0.489 e. The summed E-state index contributed by atoms with van der Waals surface area (Å²) in [6, 6.07) is 16.2. The molecule has 5 heteroatoms. The first-order valence-corrected chi connectivity index (χ1v) is 12.2. The normalized spacial score (nSPS) is 25.1. The maximum Gasteiger partial charge on any atom is 0.255 e. The van der Waals surface area contributed by atoms with Gasteiger partial charge in [-0.05, 0) is 79.0 Å². The Hall–Kier alpha value is -2.30. The summed E-state index contributed by atoms with van der Waals surface area (Å²) in [6.45, 7) is 0. The third-order valence-electron chi connectivity index (χ3n) is 7.93. The highest BCUT2D eigenvalue weighted by atomic mass is 35.5. The van der Waals surface area contributed by atoms with Gasteiger partial charge >= 0.3 is 0 Å². The quantitative estimate of drug-likeness (QED) is 0.473. The average Bonchev–Trinajstić information content (AvgIpc) is 3.37. The summed E-state index contributed by atoms with van der Waals surface area (Å²) in [5.41, 5.74) is 8.24. The molecule has 0 amide bonds. The first kappa shape index (κ1) is 21.5. The largest absolute Gasteiger partial charge is 0.489 e. The fourth-order valence-electron chi connectivity index (χ4n) is 6.17. The minimum atomic E-state index is -0.134. The van der Waals surface area contributed by atoms with Gasteiger partial charge < -0.3 is 15.5 Å². The van der Waals surface area contributed by atoms with Gasteiger partial charge in [-0.2, -0.15) is 0 Å². The zero-order valence-electron chi connectivity index (χ0n) is 18.4. The van der Waals surface area contributed by atoms with Crippen LogP contribution >= 0.6 is 11.6 Å². The number of rotatable bonds is 5. The average molecular weight is 451 g/mol. The van der Waals surface area contributed by atoms with Crippen molar-refractivity contribution in [1.82, 2.24) is 4.98 Å². The maximum absolute atomic E-state index is 12.0. The molecule has 0 saturated heterocycles. The van der Waals surface area contributed by atoms with Crippen LogP contribution in [0.15, 0.2) is 59.5 Å². The summed E-state index contributed by atoms with van der Waals surface area (Å²) < 4.78 is 6.39. The number of aromatic amines is 1. The van der Waals surface area contributed by atoms with Gasteiger partial charge in [0.05, 0.1) is 11.1 Å².